The highest BCUT2D eigenvalue weighted by Gasteiger charge is 2.79. The molecule has 2 nitrogen and oxygen atoms in total. The van der Waals surface area contributed by atoms with Gasteiger partial charge in [0.25, 0.3) is 0 Å². The van der Waals surface area contributed by atoms with Crippen LogP contribution in [0.2, 0.25) is 0 Å². The molecular formula is C15H26O2. The Balaban J connectivity index is 2.51. The van der Waals surface area contributed by atoms with Gasteiger partial charge in [0.1, 0.15) is 0 Å². The first-order valence-electron chi connectivity index (χ1n) is 6.65. The number of aliphatic hydroxyl groups excluding tert-OH is 1. The van der Waals surface area contributed by atoms with Gasteiger partial charge in [-0.25, -0.2) is 0 Å². The molecular weight excluding hydrogens is 212 g/mol. The normalized spacial score (nSPS) is 49.4. The van der Waals surface area contributed by atoms with E-state index < -0.39 is 11.7 Å². The van der Waals surface area contributed by atoms with Crippen LogP contribution in [0.5, 0.6) is 0 Å². The Bertz CT molecular complexity index is 354. The van der Waals surface area contributed by atoms with Crippen molar-refractivity contribution in [3.05, 3.63) is 12.2 Å². The van der Waals surface area contributed by atoms with Gasteiger partial charge in [0.2, 0.25) is 0 Å². The van der Waals surface area contributed by atoms with E-state index in [-0.39, 0.29) is 22.7 Å². The zero-order chi connectivity index (χ0) is 13.2. The lowest BCUT2D eigenvalue weighted by atomic mass is 9.61. The second kappa shape index (κ2) is 3.36. The van der Waals surface area contributed by atoms with E-state index in [9.17, 15) is 10.2 Å². The molecule has 0 aromatic heterocycles. The molecule has 0 saturated heterocycles. The minimum absolute atomic E-state index is 0.0672. The first kappa shape index (κ1) is 13.1. The SMILES string of the molecule is C=C(C)C1[C@@H]2[C@@]1([C@H](C)O)C(C)(C)CC[C@@]2(C)O. The quantitative estimate of drug-likeness (QED) is 0.726. The Morgan fingerprint density at radius 1 is 1.29 bits per heavy atom. The van der Waals surface area contributed by atoms with E-state index in [0.29, 0.717) is 0 Å². The van der Waals surface area contributed by atoms with E-state index in [1.807, 2.05) is 20.8 Å². The Morgan fingerprint density at radius 3 is 2.18 bits per heavy atom. The molecule has 17 heavy (non-hydrogen) atoms. The van der Waals surface area contributed by atoms with Crippen molar-refractivity contribution >= 4 is 0 Å². The van der Waals surface area contributed by atoms with Crippen molar-refractivity contribution < 1.29 is 10.2 Å². The highest BCUT2D eigenvalue weighted by molar-refractivity contribution is 5.33. The van der Waals surface area contributed by atoms with Gasteiger partial charge in [0.15, 0.2) is 0 Å². The van der Waals surface area contributed by atoms with Crippen molar-refractivity contribution in [2.75, 3.05) is 0 Å². The Labute approximate surface area is 105 Å². The summed E-state index contributed by atoms with van der Waals surface area (Å²) in [6.07, 6.45) is 1.39. The van der Waals surface area contributed by atoms with Crippen molar-refractivity contribution in [2.24, 2.45) is 22.7 Å². The van der Waals surface area contributed by atoms with Gasteiger partial charge in [0, 0.05) is 11.3 Å². The van der Waals surface area contributed by atoms with Gasteiger partial charge < -0.3 is 10.2 Å². The first-order valence-corrected chi connectivity index (χ1v) is 6.65. The van der Waals surface area contributed by atoms with E-state index in [2.05, 4.69) is 20.4 Å². The molecule has 2 aliphatic rings. The third-order valence-corrected chi connectivity index (χ3v) is 5.57. The fourth-order valence-corrected chi connectivity index (χ4v) is 4.84. The summed E-state index contributed by atoms with van der Waals surface area (Å²) in [4.78, 5) is 0. The van der Waals surface area contributed by atoms with Crippen molar-refractivity contribution in [1.82, 2.24) is 0 Å². The Kier molecular flexibility index (Phi) is 2.59. The van der Waals surface area contributed by atoms with Crippen molar-refractivity contribution in [1.29, 1.82) is 0 Å². The second-order valence-corrected chi connectivity index (χ2v) is 7.15. The molecule has 0 amide bonds. The van der Waals surface area contributed by atoms with Crippen LogP contribution in [0.1, 0.15) is 47.5 Å². The summed E-state index contributed by atoms with van der Waals surface area (Å²) < 4.78 is 0. The molecule has 2 heteroatoms. The number of fused-ring (bicyclic) bond motifs is 1. The largest absolute Gasteiger partial charge is 0.393 e. The molecule has 2 fully saturated rings. The number of rotatable bonds is 2. The molecule has 0 aliphatic heterocycles. The van der Waals surface area contributed by atoms with E-state index in [1.54, 1.807) is 0 Å². The molecule has 2 rings (SSSR count). The van der Waals surface area contributed by atoms with Gasteiger partial charge in [0.05, 0.1) is 11.7 Å². The zero-order valence-electron chi connectivity index (χ0n) is 11.7. The van der Waals surface area contributed by atoms with Crippen LogP contribution in [-0.2, 0) is 0 Å². The summed E-state index contributed by atoms with van der Waals surface area (Å²) in [6, 6.07) is 0. The van der Waals surface area contributed by atoms with E-state index in [0.717, 1.165) is 18.4 Å². The summed E-state index contributed by atoms with van der Waals surface area (Å²) in [6.45, 7) is 14.4. The fourth-order valence-electron chi connectivity index (χ4n) is 4.84. The van der Waals surface area contributed by atoms with Gasteiger partial charge in [-0.1, -0.05) is 26.0 Å². The van der Waals surface area contributed by atoms with E-state index in [4.69, 9.17) is 0 Å². The highest BCUT2D eigenvalue weighted by atomic mass is 16.3. The van der Waals surface area contributed by atoms with Gasteiger partial charge in [-0.05, 0) is 44.9 Å². The predicted molar refractivity (Wildman–Crippen MR) is 69.5 cm³/mol. The van der Waals surface area contributed by atoms with E-state index in [1.165, 1.54) is 0 Å². The van der Waals surface area contributed by atoms with Crippen LogP contribution >= 0.6 is 0 Å². The topological polar surface area (TPSA) is 40.5 Å². The third-order valence-electron chi connectivity index (χ3n) is 5.57. The maximum Gasteiger partial charge on any atom is 0.0660 e. The summed E-state index contributed by atoms with van der Waals surface area (Å²) in [5.41, 5.74) is 0.333. The van der Waals surface area contributed by atoms with Crippen LogP contribution in [0.25, 0.3) is 0 Å². The fraction of sp³-hybridized carbons (Fsp3) is 0.867. The van der Waals surface area contributed by atoms with Crippen LogP contribution in [0, 0.1) is 22.7 Å². The minimum atomic E-state index is -0.657. The van der Waals surface area contributed by atoms with Crippen LogP contribution in [0.15, 0.2) is 12.2 Å². The smallest absolute Gasteiger partial charge is 0.0660 e. The number of aliphatic hydroxyl groups is 2. The highest BCUT2D eigenvalue weighted by Crippen LogP contribution is 2.78. The molecule has 98 valence electrons. The zero-order valence-corrected chi connectivity index (χ0v) is 11.7. The van der Waals surface area contributed by atoms with Crippen molar-refractivity contribution in [2.45, 2.75) is 59.2 Å². The molecule has 0 spiro atoms. The van der Waals surface area contributed by atoms with Crippen molar-refractivity contribution in [3.8, 4) is 0 Å². The summed E-state index contributed by atoms with van der Waals surface area (Å²) in [5.74, 6) is 0.422. The Hall–Kier alpha value is -0.340. The molecule has 0 aromatic carbocycles. The molecule has 0 radical (unpaired) electrons. The monoisotopic (exact) mass is 238 g/mol. The van der Waals surface area contributed by atoms with Gasteiger partial charge in [-0.15, -0.1) is 0 Å². The average Bonchev–Trinajstić information content (AvgIpc) is 2.86. The van der Waals surface area contributed by atoms with Gasteiger partial charge in [-0.2, -0.15) is 0 Å². The average molecular weight is 238 g/mol. The van der Waals surface area contributed by atoms with Crippen LogP contribution < -0.4 is 0 Å². The predicted octanol–water partition coefficient (Wildman–Crippen LogP) is 2.75. The number of hydrogen-bond acceptors (Lipinski definition) is 2. The van der Waals surface area contributed by atoms with Crippen LogP contribution in [-0.4, -0.2) is 21.9 Å². The second-order valence-electron chi connectivity index (χ2n) is 7.15. The summed E-state index contributed by atoms with van der Waals surface area (Å²) >= 11 is 0. The maximum atomic E-state index is 10.6. The van der Waals surface area contributed by atoms with Gasteiger partial charge in [-0.3, -0.25) is 0 Å². The molecule has 2 aliphatic carbocycles. The maximum absolute atomic E-state index is 10.6. The lowest BCUT2D eigenvalue weighted by Crippen LogP contribution is -2.47. The lowest BCUT2D eigenvalue weighted by molar-refractivity contribution is -0.0898. The molecule has 5 atom stereocenters. The van der Waals surface area contributed by atoms with Gasteiger partial charge >= 0.3 is 0 Å². The molecule has 1 unspecified atom stereocenters. The molecule has 2 N–H and O–H groups in total. The molecule has 2 saturated carbocycles. The van der Waals surface area contributed by atoms with Crippen LogP contribution in [0.4, 0.5) is 0 Å². The minimum Gasteiger partial charge on any atom is -0.393 e. The van der Waals surface area contributed by atoms with Crippen molar-refractivity contribution in [3.63, 3.8) is 0 Å². The third kappa shape index (κ3) is 1.40. The number of hydrogen-bond donors (Lipinski definition) is 2. The standard InChI is InChI=1S/C15H26O2/c1-9(2)11-12-14(6,17)8-7-13(4,5)15(11,12)10(3)16/h10-12,16-17H,1,7-8H2,2-6H3/t10-,11?,12-,14+,15-/m0/s1. The summed E-state index contributed by atoms with van der Waals surface area (Å²) in [7, 11) is 0. The van der Waals surface area contributed by atoms with E-state index >= 15 is 0 Å². The molecule has 0 bridgehead atoms. The number of allylic oxidation sites excluding steroid dienone is 1. The molecule has 0 heterocycles. The lowest BCUT2D eigenvalue weighted by Gasteiger charge is -2.46. The summed E-state index contributed by atoms with van der Waals surface area (Å²) in [5, 5.41) is 20.9. The van der Waals surface area contributed by atoms with Crippen LogP contribution in [0.3, 0.4) is 0 Å². The first-order chi connectivity index (χ1) is 7.59. The Morgan fingerprint density at radius 2 is 1.82 bits per heavy atom. The molecule has 0 aromatic rings.